The first-order valence-corrected chi connectivity index (χ1v) is 6.54. The van der Waals surface area contributed by atoms with Crippen molar-refractivity contribution in [1.29, 1.82) is 0 Å². The van der Waals surface area contributed by atoms with Crippen LogP contribution in [-0.4, -0.2) is 32.1 Å². The first kappa shape index (κ1) is 12.4. The predicted molar refractivity (Wildman–Crippen MR) is 74.7 cm³/mol. The highest BCUT2D eigenvalue weighted by atomic mass is 15.2. The molecule has 2 heteroatoms. The third kappa shape index (κ3) is 2.19. The number of nitrogens with zero attached hydrogens (tertiary/aromatic N) is 2. The van der Waals surface area contributed by atoms with Gasteiger partial charge in [-0.3, -0.25) is 0 Å². The molecule has 1 aliphatic heterocycles. The summed E-state index contributed by atoms with van der Waals surface area (Å²) in [4.78, 5) is 4.81. The van der Waals surface area contributed by atoms with Crippen molar-refractivity contribution in [2.45, 2.75) is 38.8 Å². The Kier molecular flexibility index (Phi) is 3.43. The zero-order valence-corrected chi connectivity index (χ0v) is 11.7. The van der Waals surface area contributed by atoms with E-state index in [0.29, 0.717) is 12.1 Å². The highest BCUT2D eigenvalue weighted by Crippen LogP contribution is 2.39. The van der Waals surface area contributed by atoms with Crippen molar-refractivity contribution in [1.82, 2.24) is 4.90 Å². The minimum Gasteiger partial charge on any atom is -0.371 e. The Hall–Kier alpha value is -1.02. The molecule has 2 rings (SSSR count). The van der Waals surface area contributed by atoms with Gasteiger partial charge in [0.2, 0.25) is 0 Å². The molecule has 0 aromatic heterocycles. The third-order valence-electron chi connectivity index (χ3n) is 4.06. The van der Waals surface area contributed by atoms with Crippen LogP contribution in [0.5, 0.6) is 0 Å². The number of rotatable bonds is 2. The molecule has 17 heavy (non-hydrogen) atoms. The van der Waals surface area contributed by atoms with Gasteiger partial charge in [0.25, 0.3) is 0 Å². The zero-order valence-electron chi connectivity index (χ0n) is 11.7. The van der Waals surface area contributed by atoms with Crippen molar-refractivity contribution < 1.29 is 0 Å². The van der Waals surface area contributed by atoms with E-state index in [-0.39, 0.29) is 0 Å². The van der Waals surface area contributed by atoms with Gasteiger partial charge in [0, 0.05) is 24.8 Å². The van der Waals surface area contributed by atoms with Gasteiger partial charge in [-0.05, 0) is 45.5 Å². The van der Waals surface area contributed by atoms with Gasteiger partial charge in [0.05, 0.1) is 0 Å². The molecule has 1 aromatic carbocycles. The van der Waals surface area contributed by atoms with Crippen LogP contribution in [0, 0.1) is 6.92 Å². The summed E-state index contributed by atoms with van der Waals surface area (Å²) in [5.74, 6) is 0. The van der Waals surface area contributed by atoms with Crippen LogP contribution in [0.1, 0.15) is 36.9 Å². The van der Waals surface area contributed by atoms with Gasteiger partial charge >= 0.3 is 0 Å². The van der Waals surface area contributed by atoms with E-state index in [1.54, 1.807) is 0 Å². The van der Waals surface area contributed by atoms with Gasteiger partial charge in [0.15, 0.2) is 0 Å². The van der Waals surface area contributed by atoms with Crippen molar-refractivity contribution in [3.63, 3.8) is 0 Å². The van der Waals surface area contributed by atoms with Gasteiger partial charge in [-0.25, -0.2) is 0 Å². The molecule has 0 saturated heterocycles. The van der Waals surface area contributed by atoms with Crippen molar-refractivity contribution >= 4 is 5.69 Å². The molecule has 0 saturated carbocycles. The number of aryl methyl sites for hydroxylation is 1. The van der Waals surface area contributed by atoms with Crippen molar-refractivity contribution in [2.75, 3.05) is 26.0 Å². The topological polar surface area (TPSA) is 6.48 Å². The molecule has 0 amide bonds. The third-order valence-corrected chi connectivity index (χ3v) is 4.06. The Labute approximate surface area is 105 Å². The van der Waals surface area contributed by atoms with E-state index in [4.69, 9.17) is 0 Å². The van der Waals surface area contributed by atoms with Gasteiger partial charge < -0.3 is 9.80 Å². The normalized spacial score (nSPS) is 24.0. The van der Waals surface area contributed by atoms with Gasteiger partial charge in [-0.15, -0.1) is 0 Å². The average Bonchev–Trinajstić information content (AvgIpc) is 2.29. The van der Waals surface area contributed by atoms with E-state index in [9.17, 15) is 0 Å². The van der Waals surface area contributed by atoms with E-state index in [0.717, 1.165) is 0 Å². The molecule has 0 bridgehead atoms. The van der Waals surface area contributed by atoms with Crippen LogP contribution in [0.2, 0.25) is 0 Å². The number of anilines is 1. The largest absolute Gasteiger partial charge is 0.371 e. The SMILES string of the molecule is CC[C@@H]1C[C@H](N(C)C)c2cc(C)ccc2N1C. The van der Waals surface area contributed by atoms with Crippen molar-refractivity contribution in [3.8, 4) is 0 Å². The first-order chi connectivity index (χ1) is 8.04. The number of benzene rings is 1. The molecule has 0 unspecified atom stereocenters. The highest BCUT2D eigenvalue weighted by molar-refractivity contribution is 5.58. The lowest BCUT2D eigenvalue weighted by molar-refractivity contribution is 0.255. The fourth-order valence-electron chi connectivity index (χ4n) is 2.93. The molecule has 1 aromatic rings. The molecule has 2 nitrogen and oxygen atoms in total. The minimum atomic E-state index is 0.561. The molecular formula is C15H24N2. The van der Waals surface area contributed by atoms with E-state index in [2.05, 4.69) is 63.0 Å². The molecule has 0 aliphatic carbocycles. The quantitative estimate of drug-likeness (QED) is 0.772. The maximum Gasteiger partial charge on any atom is 0.0414 e. The van der Waals surface area contributed by atoms with Crippen molar-refractivity contribution in [2.24, 2.45) is 0 Å². The molecule has 0 radical (unpaired) electrons. The molecule has 0 fully saturated rings. The Morgan fingerprint density at radius 1 is 1.35 bits per heavy atom. The van der Waals surface area contributed by atoms with Gasteiger partial charge in [0.1, 0.15) is 0 Å². The molecular weight excluding hydrogens is 208 g/mol. The molecule has 1 aliphatic rings. The average molecular weight is 232 g/mol. The molecule has 0 spiro atoms. The lowest BCUT2D eigenvalue weighted by Crippen LogP contribution is -2.40. The van der Waals surface area contributed by atoms with Crippen LogP contribution in [0.25, 0.3) is 0 Å². The molecule has 1 heterocycles. The Balaban J connectivity index is 2.47. The fraction of sp³-hybridized carbons (Fsp3) is 0.600. The number of fused-ring (bicyclic) bond motifs is 1. The van der Waals surface area contributed by atoms with Crippen LogP contribution in [0.3, 0.4) is 0 Å². The standard InChI is InChI=1S/C15H24N2/c1-6-12-10-15(16(3)4)13-9-11(2)7-8-14(13)17(12)5/h7-9,12,15H,6,10H2,1-5H3/t12-,15+/m1/s1. The number of hydrogen-bond acceptors (Lipinski definition) is 2. The van der Waals surface area contributed by atoms with Crippen LogP contribution in [0.15, 0.2) is 18.2 Å². The summed E-state index contributed by atoms with van der Waals surface area (Å²) >= 11 is 0. The minimum absolute atomic E-state index is 0.561. The summed E-state index contributed by atoms with van der Waals surface area (Å²) in [6.45, 7) is 4.46. The number of hydrogen-bond donors (Lipinski definition) is 0. The molecule has 94 valence electrons. The highest BCUT2D eigenvalue weighted by Gasteiger charge is 2.30. The second-order valence-electron chi connectivity index (χ2n) is 5.45. The Morgan fingerprint density at radius 3 is 2.65 bits per heavy atom. The van der Waals surface area contributed by atoms with Crippen LogP contribution >= 0.6 is 0 Å². The fourth-order valence-corrected chi connectivity index (χ4v) is 2.93. The maximum atomic E-state index is 2.45. The summed E-state index contributed by atoms with van der Waals surface area (Å²) in [7, 11) is 6.61. The van der Waals surface area contributed by atoms with E-state index >= 15 is 0 Å². The van der Waals surface area contributed by atoms with Crippen LogP contribution in [-0.2, 0) is 0 Å². The van der Waals surface area contributed by atoms with Gasteiger partial charge in [-0.1, -0.05) is 24.6 Å². The first-order valence-electron chi connectivity index (χ1n) is 6.54. The van der Waals surface area contributed by atoms with E-state index < -0.39 is 0 Å². The van der Waals surface area contributed by atoms with Crippen LogP contribution in [0.4, 0.5) is 5.69 Å². The smallest absolute Gasteiger partial charge is 0.0414 e. The molecule has 2 atom stereocenters. The Bertz CT molecular complexity index is 398. The lowest BCUT2D eigenvalue weighted by atomic mass is 9.89. The monoisotopic (exact) mass is 232 g/mol. The second-order valence-corrected chi connectivity index (χ2v) is 5.45. The summed E-state index contributed by atoms with van der Waals surface area (Å²) in [5.41, 5.74) is 4.26. The summed E-state index contributed by atoms with van der Waals surface area (Å²) in [6.07, 6.45) is 2.45. The summed E-state index contributed by atoms with van der Waals surface area (Å²) < 4.78 is 0. The van der Waals surface area contributed by atoms with Crippen molar-refractivity contribution in [3.05, 3.63) is 29.3 Å². The summed E-state index contributed by atoms with van der Waals surface area (Å²) in [5, 5.41) is 0. The maximum absolute atomic E-state index is 2.45. The van der Waals surface area contributed by atoms with E-state index in [1.165, 1.54) is 29.7 Å². The summed E-state index contributed by atoms with van der Waals surface area (Å²) in [6, 6.07) is 8.08. The van der Waals surface area contributed by atoms with Crippen LogP contribution < -0.4 is 4.90 Å². The lowest BCUT2D eigenvalue weighted by Gasteiger charge is -2.42. The van der Waals surface area contributed by atoms with E-state index in [1.807, 2.05) is 0 Å². The zero-order chi connectivity index (χ0) is 12.6. The second kappa shape index (κ2) is 4.69. The molecule has 0 N–H and O–H groups in total. The predicted octanol–water partition coefficient (Wildman–Crippen LogP) is 3.22. The Morgan fingerprint density at radius 2 is 2.06 bits per heavy atom. The van der Waals surface area contributed by atoms with Gasteiger partial charge in [-0.2, -0.15) is 0 Å².